The molecule has 1 aliphatic rings. The number of aryl methyl sites for hydroxylation is 2. The van der Waals surface area contributed by atoms with Crippen LogP contribution in [0.1, 0.15) is 30.1 Å². The molecule has 0 spiro atoms. The molecule has 0 aliphatic carbocycles. The van der Waals surface area contributed by atoms with Crippen molar-refractivity contribution in [3.05, 3.63) is 28.7 Å². The third-order valence-corrected chi connectivity index (χ3v) is 5.02. The first-order valence-corrected chi connectivity index (χ1v) is 9.14. The second kappa shape index (κ2) is 7.45. The van der Waals surface area contributed by atoms with E-state index in [0.29, 0.717) is 16.9 Å². The lowest BCUT2D eigenvalue weighted by atomic mass is 10.1. The van der Waals surface area contributed by atoms with E-state index < -0.39 is 0 Å². The van der Waals surface area contributed by atoms with Crippen molar-refractivity contribution in [2.24, 2.45) is 5.92 Å². The summed E-state index contributed by atoms with van der Waals surface area (Å²) in [6.45, 7) is 10.1. The van der Waals surface area contributed by atoms with Crippen LogP contribution in [-0.2, 0) is 11.3 Å². The van der Waals surface area contributed by atoms with Crippen molar-refractivity contribution >= 4 is 22.4 Å². The molecule has 1 amide bonds. The van der Waals surface area contributed by atoms with Crippen LogP contribution in [0.25, 0.3) is 0 Å². The van der Waals surface area contributed by atoms with Gasteiger partial charge in [-0.3, -0.25) is 14.7 Å². The predicted octanol–water partition coefficient (Wildman–Crippen LogP) is 2.41. The second-order valence-electron chi connectivity index (χ2n) is 6.54. The van der Waals surface area contributed by atoms with Crippen molar-refractivity contribution in [3.63, 3.8) is 0 Å². The van der Waals surface area contributed by atoms with Crippen LogP contribution < -0.4 is 10.1 Å². The van der Waals surface area contributed by atoms with Crippen LogP contribution in [0.3, 0.4) is 0 Å². The molecule has 1 saturated heterocycles. The minimum absolute atomic E-state index is 0.0958. The Morgan fingerprint density at radius 2 is 2.16 bits per heavy atom. The maximum Gasteiger partial charge on any atom is 0.235 e. The first kappa shape index (κ1) is 17.8. The van der Waals surface area contributed by atoms with Crippen LogP contribution in [0.4, 0.5) is 5.13 Å². The Hall–Kier alpha value is -2.06. The lowest BCUT2D eigenvalue weighted by Gasteiger charge is -2.17. The molecule has 2 atom stereocenters. The molecular weight excluding hydrogens is 338 g/mol. The molecular formula is C17H23N5O2S. The number of thiazole rings is 1. The third-order valence-electron chi connectivity index (χ3n) is 4.12. The molecule has 0 bridgehead atoms. The zero-order chi connectivity index (χ0) is 18.0. The third kappa shape index (κ3) is 4.52. The van der Waals surface area contributed by atoms with Crippen molar-refractivity contribution in [1.82, 2.24) is 19.9 Å². The fourth-order valence-electron chi connectivity index (χ4n) is 2.97. The van der Waals surface area contributed by atoms with E-state index in [-0.39, 0.29) is 12.0 Å². The summed E-state index contributed by atoms with van der Waals surface area (Å²) in [5.41, 5.74) is 1.72. The smallest absolute Gasteiger partial charge is 0.235 e. The number of ether oxygens (including phenoxy) is 1. The van der Waals surface area contributed by atoms with Crippen LogP contribution in [0, 0.1) is 19.8 Å². The standard InChI is InChI=1S/C17H23N5O2S/c1-10-7-22(8-14-6-19-17(25-14)21-13(4)23)9-15(10)24-16-12(3)20-11(2)5-18-16/h5-6,10,15H,7-9H2,1-4H3,(H,19,21,23). The van der Waals surface area contributed by atoms with E-state index in [2.05, 4.69) is 32.1 Å². The van der Waals surface area contributed by atoms with Gasteiger partial charge < -0.3 is 10.1 Å². The van der Waals surface area contributed by atoms with Crippen LogP contribution in [0.15, 0.2) is 12.4 Å². The van der Waals surface area contributed by atoms with Gasteiger partial charge in [0.25, 0.3) is 0 Å². The summed E-state index contributed by atoms with van der Waals surface area (Å²) in [7, 11) is 0. The van der Waals surface area contributed by atoms with Crippen molar-refractivity contribution in [1.29, 1.82) is 0 Å². The number of aromatic nitrogens is 3. The SMILES string of the molecule is CC(=O)Nc1ncc(CN2CC(C)C(Oc3ncc(C)nc3C)C2)s1. The normalized spacial score (nSPS) is 20.6. The molecule has 8 heteroatoms. The number of nitrogens with zero attached hydrogens (tertiary/aromatic N) is 4. The summed E-state index contributed by atoms with van der Waals surface area (Å²) >= 11 is 1.51. The molecule has 25 heavy (non-hydrogen) atoms. The van der Waals surface area contributed by atoms with E-state index in [4.69, 9.17) is 4.74 Å². The zero-order valence-corrected chi connectivity index (χ0v) is 15.8. The van der Waals surface area contributed by atoms with Gasteiger partial charge in [-0.2, -0.15) is 0 Å². The van der Waals surface area contributed by atoms with E-state index in [9.17, 15) is 4.79 Å². The number of likely N-dealkylation sites (tertiary alicyclic amines) is 1. The molecule has 7 nitrogen and oxygen atoms in total. The number of nitrogens with one attached hydrogen (secondary N) is 1. The number of amides is 1. The summed E-state index contributed by atoms with van der Waals surface area (Å²) in [5.74, 6) is 0.930. The molecule has 1 N–H and O–H groups in total. The van der Waals surface area contributed by atoms with Crippen molar-refractivity contribution in [2.75, 3.05) is 18.4 Å². The van der Waals surface area contributed by atoms with Gasteiger partial charge in [-0.15, -0.1) is 11.3 Å². The highest BCUT2D eigenvalue weighted by Crippen LogP contribution is 2.26. The molecule has 2 aromatic heterocycles. The Morgan fingerprint density at radius 3 is 2.88 bits per heavy atom. The molecule has 1 aliphatic heterocycles. The van der Waals surface area contributed by atoms with E-state index in [1.54, 1.807) is 6.20 Å². The van der Waals surface area contributed by atoms with Crippen LogP contribution in [-0.4, -0.2) is 45.0 Å². The van der Waals surface area contributed by atoms with Crippen LogP contribution >= 0.6 is 11.3 Å². The summed E-state index contributed by atoms with van der Waals surface area (Å²) in [6, 6.07) is 0. The highest BCUT2D eigenvalue weighted by atomic mass is 32.1. The van der Waals surface area contributed by atoms with Crippen LogP contribution in [0.2, 0.25) is 0 Å². The van der Waals surface area contributed by atoms with Gasteiger partial charge in [-0.05, 0) is 13.8 Å². The van der Waals surface area contributed by atoms with E-state index in [1.165, 1.54) is 18.3 Å². The van der Waals surface area contributed by atoms with Crippen molar-refractivity contribution in [2.45, 2.75) is 40.3 Å². The number of rotatable bonds is 5. The quantitative estimate of drug-likeness (QED) is 0.881. The van der Waals surface area contributed by atoms with Gasteiger partial charge in [0.2, 0.25) is 11.8 Å². The second-order valence-corrected chi connectivity index (χ2v) is 7.66. The number of anilines is 1. The summed E-state index contributed by atoms with van der Waals surface area (Å²) < 4.78 is 6.11. The Labute approximate surface area is 151 Å². The Balaban J connectivity index is 1.59. The lowest BCUT2D eigenvalue weighted by Crippen LogP contribution is -2.26. The first-order valence-electron chi connectivity index (χ1n) is 8.32. The minimum atomic E-state index is -0.0984. The number of hydrogen-bond donors (Lipinski definition) is 1. The van der Waals surface area contributed by atoms with E-state index in [1.807, 2.05) is 20.0 Å². The number of carbonyl (C=O) groups is 1. The molecule has 2 unspecified atom stereocenters. The lowest BCUT2D eigenvalue weighted by molar-refractivity contribution is -0.114. The minimum Gasteiger partial charge on any atom is -0.471 e. The highest BCUT2D eigenvalue weighted by Gasteiger charge is 2.32. The fraction of sp³-hybridized carbons (Fsp3) is 0.529. The average molecular weight is 361 g/mol. The first-order chi connectivity index (χ1) is 11.9. The monoisotopic (exact) mass is 361 g/mol. The maximum atomic E-state index is 11.1. The van der Waals surface area contributed by atoms with Gasteiger partial charge in [-0.1, -0.05) is 6.92 Å². The fourth-order valence-corrected chi connectivity index (χ4v) is 3.87. The molecule has 1 fully saturated rings. The van der Waals surface area contributed by atoms with Gasteiger partial charge in [0.1, 0.15) is 6.10 Å². The molecule has 2 aromatic rings. The zero-order valence-electron chi connectivity index (χ0n) is 14.9. The van der Waals surface area contributed by atoms with Crippen molar-refractivity contribution in [3.8, 4) is 5.88 Å². The number of carbonyl (C=O) groups excluding carboxylic acids is 1. The average Bonchev–Trinajstić information content (AvgIpc) is 3.08. The largest absolute Gasteiger partial charge is 0.471 e. The molecule has 0 radical (unpaired) electrons. The Morgan fingerprint density at radius 1 is 1.36 bits per heavy atom. The van der Waals surface area contributed by atoms with Gasteiger partial charge in [0.05, 0.1) is 17.6 Å². The van der Waals surface area contributed by atoms with Gasteiger partial charge in [-0.25, -0.2) is 9.97 Å². The van der Waals surface area contributed by atoms with Gasteiger partial charge in [0, 0.05) is 43.5 Å². The summed E-state index contributed by atoms with van der Waals surface area (Å²) in [5, 5.41) is 3.37. The van der Waals surface area contributed by atoms with Gasteiger partial charge >= 0.3 is 0 Å². The Bertz CT molecular complexity index is 763. The number of hydrogen-bond acceptors (Lipinski definition) is 7. The van der Waals surface area contributed by atoms with E-state index >= 15 is 0 Å². The topological polar surface area (TPSA) is 80.2 Å². The Kier molecular flexibility index (Phi) is 5.29. The molecule has 134 valence electrons. The highest BCUT2D eigenvalue weighted by molar-refractivity contribution is 7.15. The maximum absolute atomic E-state index is 11.1. The molecule has 0 saturated carbocycles. The molecule has 3 heterocycles. The molecule has 0 aromatic carbocycles. The summed E-state index contributed by atoms with van der Waals surface area (Å²) in [4.78, 5) is 27.6. The molecule has 3 rings (SSSR count). The van der Waals surface area contributed by atoms with E-state index in [0.717, 1.165) is 35.9 Å². The summed E-state index contributed by atoms with van der Waals surface area (Å²) in [6.07, 6.45) is 3.66. The van der Waals surface area contributed by atoms with Gasteiger partial charge in [0.15, 0.2) is 5.13 Å². The predicted molar refractivity (Wildman–Crippen MR) is 96.8 cm³/mol. The van der Waals surface area contributed by atoms with Crippen LogP contribution in [0.5, 0.6) is 5.88 Å². The van der Waals surface area contributed by atoms with Crippen molar-refractivity contribution < 1.29 is 9.53 Å².